The van der Waals surface area contributed by atoms with E-state index in [-0.39, 0.29) is 5.78 Å². The van der Waals surface area contributed by atoms with Crippen molar-refractivity contribution in [2.45, 2.75) is 40.0 Å². The van der Waals surface area contributed by atoms with E-state index in [2.05, 4.69) is 10.1 Å². The van der Waals surface area contributed by atoms with Crippen LogP contribution in [0.4, 0.5) is 0 Å². The van der Waals surface area contributed by atoms with Crippen molar-refractivity contribution in [2.75, 3.05) is 7.11 Å². The van der Waals surface area contributed by atoms with Crippen LogP contribution in [0.3, 0.4) is 0 Å². The van der Waals surface area contributed by atoms with Gasteiger partial charge in [0.1, 0.15) is 12.9 Å². The van der Waals surface area contributed by atoms with Gasteiger partial charge in [0.25, 0.3) is 0 Å². The van der Waals surface area contributed by atoms with Crippen molar-refractivity contribution >= 4 is 34.7 Å². The highest BCUT2D eigenvalue weighted by Crippen LogP contribution is 2.24. The Morgan fingerprint density at radius 1 is 1.12 bits per heavy atom. The third-order valence-corrected chi connectivity index (χ3v) is 4.89. The quantitative estimate of drug-likeness (QED) is 0.477. The highest BCUT2D eigenvalue weighted by Gasteiger charge is 2.14. The number of halogens is 2. The van der Waals surface area contributed by atoms with Gasteiger partial charge in [-0.05, 0) is 50.1 Å². The number of rotatable bonds is 7. The van der Waals surface area contributed by atoms with Crippen molar-refractivity contribution in [1.82, 2.24) is 4.98 Å². The molecule has 0 aliphatic heterocycles. The maximum absolute atomic E-state index is 12.5. The zero-order valence-electron chi connectivity index (χ0n) is 15.4. The summed E-state index contributed by atoms with van der Waals surface area (Å²) in [5, 5.41) is 4.96. The number of aryl methyl sites for hydroxylation is 3. The first kappa shape index (κ1) is 20.4. The topological polar surface area (TPSA) is 51.5 Å². The predicted molar refractivity (Wildman–Crippen MR) is 106 cm³/mol. The smallest absolute Gasteiger partial charge is 0.137 e. The molecule has 4 nitrogen and oxygen atoms in total. The Balaban J connectivity index is 2.08. The van der Waals surface area contributed by atoms with Crippen LogP contribution >= 0.6 is 23.2 Å². The van der Waals surface area contributed by atoms with Crippen LogP contribution in [0.5, 0.6) is 0 Å². The molecule has 2 rings (SSSR count). The number of hydrogen-bond donors (Lipinski definition) is 0. The highest BCUT2D eigenvalue weighted by atomic mass is 35.5. The standard InChI is InChI=1S/C20H22Cl2N2O2/c1-12-9-13(2)23-14(3)17(12)11-16(25)6-8-20(24-26-4)15-5-7-18(21)19(22)10-15/h5,7,9-10H,6,8,11H2,1-4H3. The van der Waals surface area contributed by atoms with Gasteiger partial charge in [0.05, 0.1) is 15.8 Å². The average Bonchev–Trinajstić information content (AvgIpc) is 2.57. The summed E-state index contributed by atoms with van der Waals surface area (Å²) in [7, 11) is 1.48. The molecule has 0 aliphatic carbocycles. The number of pyridine rings is 1. The first-order valence-electron chi connectivity index (χ1n) is 8.32. The number of ketones is 1. The van der Waals surface area contributed by atoms with Gasteiger partial charge in [-0.1, -0.05) is 34.4 Å². The molecule has 0 saturated carbocycles. The summed E-state index contributed by atoms with van der Waals surface area (Å²) in [5.74, 6) is 0.130. The molecule has 0 aliphatic rings. The van der Waals surface area contributed by atoms with E-state index in [0.29, 0.717) is 35.0 Å². The molecule has 0 radical (unpaired) electrons. The Morgan fingerprint density at radius 3 is 2.46 bits per heavy atom. The fourth-order valence-electron chi connectivity index (χ4n) is 2.89. The Labute approximate surface area is 164 Å². The van der Waals surface area contributed by atoms with Crippen LogP contribution in [-0.2, 0) is 16.1 Å². The van der Waals surface area contributed by atoms with E-state index in [9.17, 15) is 4.79 Å². The Hall–Kier alpha value is -1.91. The normalized spacial score (nSPS) is 11.5. The maximum Gasteiger partial charge on any atom is 0.137 e. The largest absolute Gasteiger partial charge is 0.399 e. The molecule has 0 saturated heterocycles. The maximum atomic E-state index is 12.5. The summed E-state index contributed by atoms with van der Waals surface area (Å²) in [6.07, 6.45) is 1.18. The van der Waals surface area contributed by atoms with E-state index in [4.69, 9.17) is 28.0 Å². The van der Waals surface area contributed by atoms with Crippen LogP contribution in [0.1, 0.15) is 40.9 Å². The minimum absolute atomic E-state index is 0.130. The summed E-state index contributed by atoms with van der Waals surface area (Å²) in [6, 6.07) is 7.25. The number of benzene rings is 1. The molecule has 0 fully saturated rings. The Kier molecular flexibility index (Phi) is 7.18. The third kappa shape index (κ3) is 5.29. The average molecular weight is 393 g/mol. The predicted octanol–water partition coefficient (Wildman–Crippen LogP) is 5.26. The molecule has 6 heteroatoms. The van der Waals surface area contributed by atoms with Crippen LogP contribution in [0.2, 0.25) is 10.0 Å². The van der Waals surface area contributed by atoms with Crippen molar-refractivity contribution in [3.05, 3.63) is 62.4 Å². The molecule has 2 aromatic rings. The Morgan fingerprint density at radius 2 is 1.85 bits per heavy atom. The first-order chi connectivity index (χ1) is 12.3. The van der Waals surface area contributed by atoms with Gasteiger partial charge >= 0.3 is 0 Å². The molecule has 0 N–H and O–H groups in total. The molecular formula is C20H22Cl2N2O2. The lowest BCUT2D eigenvalue weighted by molar-refractivity contribution is -0.118. The molecule has 0 unspecified atom stereocenters. The number of carbonyl (C=O) groups excluding carboxylic acids is 1. The van der Waals surface area contributed by atoms with Crippen molar-refractivity contribution in [1.29, 1.82) is 0 Å². The second-order valence-electron chi connectivity index (χ2n) is 6.21. The molecule has 0 spiro atoms. The minimum atomic E-state index is 0.130. The van der Waals surface area contributed by atoms with Crippen LogP contribution < -0.4 is 0 Å². The van der Waals surface area contributed by atoms with Gasteiger partial charge in [0.2, 0.25) is 0 Å². The van der Waals surface area contributed by atoms with E-state index < -0.39 is 0 Å². The number of Topliss-reactive ketones (excluding diaryl/α,β-unsaturated/α-hetero) is 1. The van der Waals surface area contributed by atoms with Gasteiger partial charge in [0.15, 0.2) is 0 Å². The second kappa shape index (κ2) is 9.15. The number of hydrogen-bond acceptors (Lipinski definition) is 4. The molecular weight excluding hydrogens is 371 g/mol. The molecule has 138 valence electrons. The minimum Gasteiger partial charge on any atom is -0.399 e. The third-order valence-electron chi connectivity index (χ3n) is 4.15. The molecule has 0 bridgehead atoms. The van der Waals surface area contributed by atoms with Crippen LogP contribution in [0.25, 0.3) is 0 Å². The van der Waals surface area contributed by atoms with E-state index in [1.165, 1.54) is 7.11 Å². The van der Waals surface area contributed by atoms with E-state index in [1.54, 1.807) is 12.1 Å². The monoisotopic (exact) mass is 392 g/mol. The zero-order valence-corrected chi connectivity index (χ0v) is 16.9. The first-order valence-corrected chi connectivity index (χ1v) is 9.08. The zero-order chi connectivity index (χ0) is 19.3. The summed E-state index contributed by atoms with van der Waals surface area (Å²) >= 11 is 12.0. The van der Waals surface area contributed by atoms with Gasteiger partial charge in [-0.15, -0.1) is 0 Å². The molecule has 0 amide bonds. The molecule has 26 heavy (non-hydrogen) atoms. The molecule has 1 heterocycles. The number of oxime groups is 1. The highest BCUT2D eigenvalue weighted by molar-refractivity contribution is 6.42. The lowest BCUT2D eigenvalue weighted by atomic mass is 9.97. The fraction of sp³-hybridized carbons (Fsp3) is 0.350. The van der Waals surface area contributed by atoms with Gasteiger partial charge in [-0.25, -0.2) is 0 Å². The SMILES string of the molecule is CON=C(CCC(=O)Cc1c(C)cc(C)nc1C)c1ccc(Cl)c(Cl)c1. The lowest BCUT2D eigenvalue weighted by Gasteiger charge is -2.11. The van der Waals surface area contributed by atoms with E-state index in [0.717, 1.165) is 28.1 Å². The molecule has 1 aromatic heterocycles. The second-order valence-corrected chi connectivity index (χ2v) is 7.02. The van der Waals surface area contributed by atoms with Crippen molar-refractivity contribution in [3.8, 4) is 0 Å². The number of aromatic nitrogens is 1. The van der Waals surface area contributed by atoms with Gasteiger partial charge in [-0.2, -0.15) is 0 Å². The summed E-state index contributed by atoms with van der Waals surface area (Å²) in [4.78, 5) is 21.9. The van der Waals surface area contributed by atoms with E-state index >= 15 is 0 Å². The summed E-state index contributed by atoms with van der Waals surface area (Å²) in [6.45, 7) is 5.91. The Bertz CT molecular complexity index is 825. The van der Waals surface area contributed by atoms with Gasteiger partial charge in [0, 0.05) is 36.2 Å². The number of nitrogens with zero attached hydrogens (tertiary/aromatic N) is 2. The molecule has 1 aromatic carbocycles. The van der Waals surface area contributed by atoms with Crippen LogP contribution in [0.15, 0.2) is 29.4 Å². The van der Waals surface area contributed by atoms with Crippen LogP contribution in [0, 0.1) is 20.8 Å². The van der Waals surface area contributed by atoms with Crippen molar-refractivity contribution < 1.29 is 9.63 Å². The van der Waals surface area contributed by atoms with Gasteiger partial charge < -0.3 is 4.84 Å². The lowest BCUT2D eigenvalue weighted by Crippen LogP contribution is -2.11. The van der Waals surface area contributed by atoms with Gasteiger partial charge in [-0.3, -0.25) is 9.78 Å². The number of carbonyl (C=O) groups is 1. The summed E-state index contributed by atoms with van der Waals surface area (Å²) in [5.41, 5.74) is 5.42. The van der Waals surface area contributed by atoms with Crippen molar-refractivity contribution in [3.63, 3.8) is 0 Å². The summed E-state index contributed by atoms with van der Waals surface area (Å²) < 4.78 is 0. The van der Waals surface area contributed by atoms with E-state index in [1.807, 2.05) is 32.9 Å². The fourth-order valence-corrected chi connectivity index (χ4v) is 3.19. The van der Waals surface area contributed by atoms with Crippen molar-refractivity contribution in [2.24, 2.45) is 5.16 Å². The van der Waals surface area contributed by atoms with Crippen LogP contribution in [-0.4, -0.2) is 23.6 Å². The molecule has 0 atom stereocenters.